The SMILES string of the molecule is CC(O)C1=NCNCN1. The van der Waals surface area contributed by atoms with Crippen molar-refractivity contribution >= 4 is 5.84 Å². The summed E-state index contributed by atoms with van der Waals surface area (Å²) in [6, 6.07) is 0. The molecule has 1 rings (SSSR count). The highest BCUT2D eigenvalue weighted by atomic mass is 16.3. The fourth-order valence-electron chi connectivity index (χ4n) is 0.686. The molecule has 0 amide bonds. The zero-order valence-electron chi connectivity index (χ0n) is 5.39. The monoisotopic (exact) mass is 129 g/mol. The minimum Gasteiger partial charge on any atom is -0.386 e. The number of nitrogens with zero attached hydrogens (tertiary/aromatic N) is 1. The van der Waals surface area contributed by atoms with Crippen molar-refractivity contribution in [3.8, 4) is 0 Å². The van der Waals surface area contributed by atoms with Gasteiger partial charge < -0.3 is 10.4 Å². The third-order valence-electron chi connectivity index (χ3n) is 1.15. The molecule has 52 valence electrons. The molecule has 4 heteroatoms. The number of aliphatic hydroxyl groups is 1. The second kappa shape index (κ2) is 2.80. The lowest BCUT2D eigenvalue weighted by atomic mass is 10.3. The average Bonchev–Trinajstić information content (AvgIpc) is 1.90. The highest BCUT2D eigenvalue weighted by Crippen LogP contribution is 1.85. The van der Waals surface area contributed by atoms with Crippen molar-refractivity contribution in [1.82, 2.24) is 10.6 Å². The van der Waals surface area contributed by atoms with Crippen LogP contribution in [0, 0.1) is 0 Å². The first-order chi connectivity index (χ1) is 4.30. The van der Waals surface area contributed by atoms with Crippen LogP contribution in [0.1, 0.15) is 6.92 Å². The number of aliphatic hydroxyl groups excluding tert-OH is 1. The van der Waals surface area contributed by atoms with Gasteiger partial charge in [0.25, 0.3) is 0 Å². The Hall–Kier alpha value is -0.610. The largest absolute Gasteiger partial charge is 0.386 e. The van der Waals surface area contributed by atoms with E-state index in [2.05, 4.69) is 15.6 Å². The summed E-state index contributed by atoms with van der Waals surface area (Å²) >= 11 is 0. The number of hydrogen-bond donors (Lipinski definition) is 3. The summed E-state index contributed by atoms with van der Waals surface area (Å²) < 4.78 is 0. The first-order valence-corrected chi connectivity index (χ1v) is 2.97. The second-order valence-electron chi connectivity index (χ2n) is 1.98. The molecule has 0 saturated heterocycles. The van der Waals surface area contributed by atoms with Crippen LogP contribution in [0.4, 0.5) is 0 Å². The predicted octanol–water partition coefficient (Wildman–Crippen LogP) is -1.13. The van der Waals surface area contributed by atoms with Gasteiger partial charge in [-0.2, -0.15) is 0 Å². The first kappa shape index (κ1) is 6.51. The third kappa shape index (κ3) is 1.65. The van der Waals surface area contributed by atoms with Crippen LogP contribution in [0.25, 0.3) is 0 Å². The van der Waals surface area contributed by atoms with Gasteiger partial charge in [-0.1, -0.05) is 0 Å². The van der Waals surface area contributed by atoms with Gasteiger partial charge >= 0.3 is 0 Å². The maximum atomic E-state index is 8.96. The van der Waals surface area contributed by atoms with E-state index in [0.717, 1.165) is 0 Å². The molecule has 1 unspecified atom stereocenters. The minimum absolute atomic E-state index is 0.466. The van der Waals surface area contributed by atoms with Gasteiger partial charge in [0.05, 0.1) is 13.3 Å². The van der Waals surface area contributed by atoms with Crippen LogP contribution in [0.3, 0.4) is 0 Å². The minimum atomic E-state index is -0.466. The fourth-order valence-corrected chi connectivity index (χ4v) is 0.686. The number of rotatable bonds is 1. The number of aliphatic imine (C=N–C) groups is 1. The molecule has 1 aliphatic rings. The molecule has 1 atom stereocenters. The Morgan fingerprint density at radius 2 is 2.56 bits per heavy atom. The lowest BCUT2D eigenvalue weighted by Crippen LogP contribution is -2.44. The van der Waals surface area contributed by atoms with E-state index in [9.17, 15) is 0 Å². The Labute approximate surface area is 54.0 Å². The van der Waals surface area contributed by atoms with Crippen molar-refractivity contribution in [3.05, 3.63) is 0 Å². The molecule has 3 N–H and O–H groups in total. The van der Waals surface area contributed by atoms with Crippen LogP contribution < -0.4 is 10.6 Å². The van der Waals surface area contributed by atoms with Crippen molar-refractivity contribution in [1.29, 1.82) is 0 Å². The van der Waals surface area contributed by atoms with Crippen LogP contribution in [-0.4, -0.2) is 30.4 Å². The highest BCUT2D eigenvalue weighted by molar-refractivity contribution is 5.86. The summed E-state index contributed by atoms with van der Waals surface area (Å²) in [7, 11) is 0. The topological polar surface area (TPSA) is 56.7 Å². The molecule has 0 saturated carbocycles. The zero-order chi connectivity index (χ0) is 6.69. The molecule has 0 aromatic carbocycles. The van der Waals surface area contributed by atoms with Crippen molar-refractivity contribution in [2.45, 2.75) is 13.0 Å². The van der Waals surface area contributed by atoms with Crippen LogP contribution in [0.5, 0.6) is 0 Å². The van der Waals surface area contributed by atoms with Gasteiger partial charge in [-0.05, 0) is 6.92 Å². The summed E-state index contributed by atoms with van der Waals surface area (Å²) in [4.78, 5) is 3.97. The molecule has 1 aliphatic heterocycles. The highest BCUT2D eigenvalue weighted by Gasteiger charge is 2.07. The molecular weight excluding hydrogens is 118 g/mol. The Morgan fingerprint density at radius 3 is 2.89 bits per heavy atom. The third-order valence-corrected chi connectivity index (χ3v) is 1.15. The van der Waals surface area contributed by atoms with Crippen LogP contribution in [0.15, 0.2) is 4.99 Å². The molecule has 0 spiro atoms. The molecular formula is C5H11N3O. The van der Waals surface area contributed by atoms with Gasteiger partial charge in [-0.15, -0.1) is 0 Å². The second-order valence-corrected chi connectivity index (χ2v) is 1.98. The van der Waals surface area contributed by atoms with E-state index >= 15 is 0 Å². The molecule has 0 aromatic rings. The van der Waals surface area contributed by atoms with E-state index in [4.69, 9.17) is 5.11 Å². The normalized spacial score (nSPS) is 22.2. The lowest BCUT2D eigenvalue weighted by molar-refractivity contribution is 0.255. The Kier molecular flexibility index (Phi) is 2.02. The molecule has 1 heterocycles. The van der Waals surface area contributed by atoms with Gasteiger partial charge in [0, 0.05) is 0 Å². The Balaban J connectivity index is 2.46. The van der Waals surface area contributed by atoms with E-state index in [-0.39, 0.29) is 0 Å². The molecule has 0 aliphatic carbocycles. The van der Waals surface area contributed by atoms with Gasteiger partial charge in [0.15, 0.2) is 0 Å². The van der Waals surface area contributed by atoms with E-state index in [1.165, 1.54) is 0 Å². The Bertz CT molecular complexity index is 121. The summed E-state index contributed by atoms with van der Waals surface area (Å²) in [5, 5.41) is 14.8. The van der Waals surface area contributed by atoms with Crippen molar-refractivity contribution < 1.29 is 5.11 Å². The number of amidine groups is 1. The average molecular weight is 129 g/mol. The molecule has 0 radical (unpaired) electrons. The van der Waals surface area contributed by atoms with Gasteiger partial charge in [0.1, 0.15) is 11.9 Å². The predicted molar refractivity (Wildman–Crippen MR) is 35.1 cm³/mol. The number of nitrogens with one attached hydrogen (secondary N) is 2. The lowest BCUT2D eigenvalue weighted by Gasteiger charge is -2.16. The summed E-state index contributed by atoms with van der Waals surface area (Å²) in [6.07, 6.45) is -0.466. The standard InChI is InChI=1S/C5H11N3O/c1-4(9)5-7-2-6-3-8-5/h4,6,9H,2-3H2,1H3,(H,7,8). The molecule has 4 nitrogen and oxygen atoms in total. The Morgan fingerprint density at radius 1 is 1.78 bits per heavy atom. The maximum Gasteiger partial charge on any atom is 0.128 e. The van der Waals surface area contributed by atoms with E-state index in [1.807, 2.05) is 0 Å². The number of hydrogen-bond acceptors (Lipinski definition) is 4. The van der Waals surface area contributed by atoms with E-state index in [1.54, 1.807) is 6.92 Å². The zero-order valence-corrected chi connectivity index (χ0v) is 5.39. The van der Waals surface area contributed by atoms with Crippen LogP contribution in [-0.2, 0) is 0 Å². The van der Waals surface area contributed by atoms with Gasteiger partial charge in [-0.25, -0.2) is 0 Å². The summed E-state index contributed by atoms with van der Waals surface area (Å²) in [5.41, 5.74) is 0. The fraction of sp³-hybridized carbons (Fsp3) is 0.800. The summed E-state index contributed by atoms with van der Waals surface area (Å²) in [5.74, 6) is 0.675. The van der Waals surface area contributed by atoms with E-state index < -0.39 is 6.10 Å². The van der Waals surface area contributed by atoms with Gasteiger partial charge in [-0.3, -0.25) is 10.3 Å². The van der Waals surface area contributed by atoms with Crippen molar-refractivity contribution in [2.75, 3.05) is 13.3 Å². The smallest absolute Gasteiger partial charge is 0.128 e. The molecule has 0 aromatic heterocycles. The quantitative estimate of drug-likeness (QED) is 0.420. The van der Waals surface area contributed by atoms with Crippen LogP contribution in [0.2, 0.25) is 0 Å². The van der Waals surface area contributed by atoms with Gasteiger partial charge in [0.2, 0.25) is 0 Å². The first-order valence-electron chi connectivity index (χ1n) is 2.97. The molecule has 0 fully saturated rings. The van der Waals surface area contributed by atoms with Crippen molar-refractivity contribution in [2.24, 2.45) is 4.99 Å². The maximum absolute atomic E-state index is 8.96. The van der Waals surface area contributed by atoms with E-state index in [0.29, 0.717) is 19.2 Å². The molecule has 0 bridgehead atoms. The summed E-state index contributed by atoms with van der Waals surface area (Å²) in [6.45, 7) is 2.99. The molecule has 9 heavy (non-hydrogen) atoms. The van der Waals surface area contributed by atoms with Crippen LogP contribution >= 0.6 is 0 Å². The van der Waals surface area contributed by atoms with Crippen molar-refractivity contribution in [3.63, 3.8) is 0 Å².